The van der Waals surface area contributed by atoms with Crippen molar-refractivity contribution in [2.45, 2.75) is 13.8 Å². The van der Waals surface area contributed by atoms with E-state index in [-0.39, 0.29) is 11.8 Å². The number of rotatable bonds is 9. The van der Waals surface area contributed by atoms with Crippen molar-refractivity contribution < 1.29 is 9.13 Å². The van der Waals surface area contributed by atoms with Crippen molar-refractivity contribution in [3.63, 3.8) is 0 Å². The Morgan fingerprint density at radius 1 is 1.33 bits per heavy atom. The van der Waals surface area contributed by atoms with E-state index in [4.69, 9.17) is 4.74 Å². The summed E-state index contributed by atoms with van der Waals surface area (Å²) in [5.41, 5.74) is 5.48. The van der Waals surface area contributed by atoms with Crippen LogP contribution in [0.3, 0.4) is 0 Å². The van der Waals surface area contributed by atoms with Crippen molar-refractivity contribution in [3.8, 4) is 0 Å². The maximum absolute atomic E-state index is 14.2. The first-order valence-corrected chi connectivity index (χ1v) is 15.6. The van der Waals surface area contributed by atoms with Gasteiger partial charge in [0.2, 0.25) is 0 Å². The first-order valence-electron chi connectivity index (χ1n) is 12.0. The molecule has 3 heterocycles. The number of nitrogens with one attached hydrogen (secondary N) is 3. The van der Waals surface area contributed by atoms with Gasteiger partial charge in [0.15, 0.2) is 11.6 Å². The number of morpholine rings is 1. The molecular formula is C26H33FIN7O. The minimum absolute atomic E-state index is 0.219. The maximum atomic E-state index is 14.2. The van der Waals surface area contributed by atoms with Crippen LogP contribution in [-0.2, 0) is 4.74 Å². The third kappa shape index (κ3) is 7.34. The summed E-state index contributed by atoms with van der Waals surface area (Å²) in [6.45, 7) is 11.7. The molecule has 0 aliphatic carbocycles. The Morgan fingerprint density at radius 2 is 2.17 bits per heavy atom. The SMILES string of the molecule is C=C(/C=C\C(=C/C)Nc1cccc(I2CC(C)CN2)c1)/C=N/Nc1ncc(F)c(N2CCOCC2)n1. The predicted molar refractivity (Wildman–Crippen MR) is 154 cm³/mol. The molecule has 36 heavy (non-hydrogen) atoms. The summed E-state index contributed by atoms with van der Waals surface area (Å²) >= 11 is -1.26. The van der Waals surface area contributed by atoms with Crippen molar-refractivity contribution >= 4 is 43.8 Å². The first-order chi connectivity index (χ1) is 17.5. The summed E-state index contributed by atoms with van der Waals surface area (Å²) in [7, 11) is 0. The van der Waals surface area contributed by atoms with Crippen LogP contribution in [0.25, 0.3) is 0 Å². The van der Waals surface area contributed by atoms with Crippen LogP contribution in [0.4, 0.5) is 21.8 Å². The van der Waals surface area contributed by atoms with Crippen molar-refractivity contribution in [2.24, 2.45) is 11.0 Å². The van der Waals surface area contributed by atoms with E-state index < -0.39 is 25.9 Å². The van der Waals surface area contributed by atoms with E-state index in [1.54, 1.807) is 6.21 Å². The van der Waals surface area contributed by atoms with E-state index >= 15 is 0 Å². The minimum atomic E-state index is -1.26. The Bertz CT molecular complexity index is 1150. The normalized spacial score (nSPS) is 19.9. The van der Waals surface area contributed by atoms with Gasteiger partial charge in [0.25, 0.3) is 0 Å². The average Bonchev–Trinajstić information content (AvgIpc) is 3.34. The van der Waals surface area contributed by atoms with E-state index in [0.29, 0.717) is 31.9 Å². The quantitative estimate of drug-likeness (QED) is 0.0945. The number of allylic oxidation sites excluding steroid dienone is 4. The van der Waals surface area contributed by atoms with Crippen LogP contribution in [0.2, 0.25) is 0 Å². The number of nitrogens with zero attached hydrogens (tertiary/aromatic N) is 4. The molecule has 1 aromatic carbocycles. The Labute approximate surface area is 219 Å². The summed E-state index contributed by atoms with van der Waals surface area (Å²) in [4.78, 5) is 10.1. The Hall–Kier alpha value is -2.83. The molecule has 8 nitrogen and oxygen atoms in total. The fourth-order valence-electron chi connectivity index (χ4n) is 3.67. The molecular weight excluding hydrogens is 572 g/mol. The Kier molecular flexibility index (Phi) is 9.42. The standard InChI is InChI=1S/C26H33FIN7O/c1-4-22(32-23-7-5-6-21(14-23)28-15-20(3)16-30-28)9-8-19(2)17-31-34-26-29-18-24(27)25(33-26)35-10-12-36-13-11-35/h4-9,14,17-18,20,30,32H,2,10-13,15-16H2,1,3H3,(H,29,33,34)/b9-8-,22-4+,31-17+. The first kappa shape index (κ1) is 26.2. The third-order valence-electron chi connectivity index (χ3n) is 5.60. The van der Waals surface area contributed by atoms with Crippen molar-refractivity contribution in [1.82, 2.24) is 13.5 Å². The summed E-state index contributed by atoms with van der Waals surface area (Å²) < 4.78 is 26.0. The van der Waals surface area contributed by atoms with Gasteiger partial charge in [-0.1, -0.05) is 0 Å². The van der Waals surface area contributed by atoms with Crippen LogP contribution in [-0.4, -0.2) is 53.5 Å². The molecule has 2 aromatic rings. The van der Waals surface area contributed by atoms with E-state index in [1.807, 2.05) is 30.1 Å². The smallest absolute Gasteiger partial charge is 0.378 e. The molecule has 0 spiro atoms. The topological polar surface area (TPSA) is 86.7 Å². The summed E-state index contributed by atoms with van der Waals surface area (Å²) in [6.07, 6.45) is 8.57. The van der Waals surface area contributed by atoms with Crippen LogP contribution in [0, 0.1) is 15.3 Å². The minimum Gasteiger partial charge on any atom is -0.378 e. The van der Waals surface area contributed by atoms with Crippen LogP contribution in [0.15, 0.2) is 71.6 Å². The zero-order valence-corrected chi connectivity index (χ0v) is 22.8. The van der Waals surface area contributed by atoms with Gasteiger partial charge in [0, 0.05) is 13.1 Å². The van der Waals surface area contributed by atoms with Crippen molar-refractivity contribution in [2.75, 3.05) is 52.9 Å². The number of aromatic nitrogens is 2. The summed E-state index contributed by atoms with van der Waals surface area (Å²) in [6, 6.07) is 8.72. The predicted octanol–water partition coefficient (Wildman–Crippen LogP) is 4.81. The Morgan fingerprint density at radius 3 is 2.92 bits per heavy atom. The number of hydrogen-bond acceptors (Lipinski definition) is 8. The molecule has 1 unspecified atom stereocenters. The second-order valence-electron chi connectivity index (χ2n) is 8.58. The van der Waals surface area contributed by atoms with Gasteiger partial charge >= 0.3 is 152 Å². The van der Waals surface area contributed by atoms with Crippen LogP contribution in [0.1, 0.15) is 13.8 Å². The molecule has 0 saturated carbocycles. The molecule has 1 aromatic heterocycles. The number of hydrazone groups is 1. The van der Waals surface area contributed by atoms with Crippen molar-refractivity contribution in [1.29, 1.82) is 0 Å². The molecule has 0 amide bonds. The zero-order valence-electron chi connectivity index (χ0n) is 20.7. The van der Waals surface area contributed by atoms with E-state index in [9.17, 15) is 4.39 Å². The summed E-state index contributed by atoms with van der Waals surface area (Å²) in [5, 5.41) is 7.63. The van der Waals surface area contributed by atoms with Gasteiger partial charge in [0.1, 0.15) is 0 Å². The number of anilines is 3. The summed E-state index contributed by atoms with van der Waals surface area (Å²) in [5.74, 6) is 0.771. The van der Waals surface area contributed by atoms with Gasteiger partial charge in [-0.2, -0.15) is 4.98 Å². The number of hydrogen-bond donors (Lipinski definition) is 3. The molecule has 2 saturated heterocycles. The van der Waals surface area contributed by atoms with Crippen LogP contribution >= 0.6 is 20.1 Å². The number of alkyl halides is 1. The molecule has 2 fully saturated rings. The van der Waals surface area contributed by atoms with Gasteiger partial charge in [-0.25, -0.2) is 9.37 Å². The van der Waals surface area contributed by atoms with Gasteiger partial charge in [-0.3, -0.25) is 0 Å². The molecule has 4 rings (SSSR count). The van der Waals surface area contributed by atoms with Gasteiger partial charge < -0.3 is 9.64 Å². The van der Waals surface area contributed by atoms with Gasteiger partial charge in [-0.05, 0) is 0 Å². The number of benzene rings is 1. The molecule has 1 atom stereocenters. The van der Waals surface area contributed by atoms with E-state index in [1.165, 1.54) is 8.00 Å². The Balaban J connectivity index is 1.31. The second kappa shape index (κ2) is 12.9. The monoisotopic (exact) mass is 605 g/mol. The third-order valence-corrected chi connectivity index (χ3v) is 11.5. The van der Waals surface area contributed by atoms with E-state index in [0.717, 1.165) is 30.0 Å². The molecule has 10 heteroatoms. The van der Waals surface area contributed by atoms with Crippen LogP contribution < -0.4 is 19.2 Å². The van der Waals surface area contributed by atoms with Gasteiger partial charge in [0.05, 0.1) is 19.4 Å². The molecule has 2 aliphatic rings. The van der Waals surface area contributed by atoms with E-state index in [2.05, 4.69) is 67.1 Å². The average molecular weight is 605 g/mol. The van der Waals surface area contributed by atoms with Crippen molar-refractivity contribution in [3.05, 3.63) is 75.9 Å². The molecule has 3 N–H and O–H groups in total. The number of ether oxygens (including phenoxy) is 1. The second-order valence-corrected chi connectivity index (χ2v) is 13.5. The zero-order chi connectivity index (χ0) is 25.3. The molecule has 0 radical (unpaired) electrons. The van der Waals surface area contributed by atoms with Gasteiger partial charge in [-0.15, -0.1) is 0 Å². The fourth-order valence-corrected chi connectivity index (χ4v) is 9.38. The van der Waals surface area contributed by atoms with Crippen LogP contribution in [0.5, 0.6) is 0 Å². The molecule has 192 valence electrons. The molecule has 0 bridgehead atoms. The molecule has 2 aliphatic heterocycles. The number of halogens is 2. The fraction of sp³-hybridized carbons (Fsp3) is 0.346.